The van der Waals surface area contributed by atoms with Crippen LogP contribution in [0.15, 0.2) is 41.3 Å². The topological polar surface area (TPSA) is 133 Å². The second-order valence-electron chi connectivity index (χ2n) is 10.8. The number of fused-ring (bicyclic) bond motifs is 2. The Morgan fingerprint density at radius 3 is 2.39 bits per heavy atom. The van der Waals surface area contributed by atoms with Crippen molar-refractivity contribution in [2.75, 3.05) is 6.61 Å². The molecule has 1 saturated heterocycles. The molecule has 2 bridgehead atoms. The summed E-state index contributed by atoms with van der Waals surface area (Å²) < 4.78 is 41.0. The van der Waals surface area contributed by atoms with Crippen LogP contribution in [0, 0.1) is 10.1 Å². The van der Waals surface area contributed by atoms with Crippen molar-refractivity contribution in [1.82, 2.24) is 4.31 Å². The number of sulfonamides is 1. The molecule has 198 valence electrons. The van der Waals surface area contributed by atoms with Gasteiger partial charge in [0.25, 0.3) is 5.69 Å². The van der Waals surface area contributed by atoms with E-state index in [0.717, 1.165) is 12.1 Å². The lowest BCUT2D eigenvalue weighted by atomic mass is 9.83. The number of nitrogens with zero attached hydrogens (tertiary/aromatic N) is 2. The number of benzene rings is 1. The molecule has 0 saturated carbocycles. The number of hydrogen-bond acceptors (Lipinski definition) is 8. The zero-order valence-corrected chi connectivity index (χ0v) is 23.3. The zero-order valence-electron chi connectivity index (χ0n) is 21.5. The summed E-state index contributed by atoms with van der Waals surface area (Å²) >= 11 is 0. The average Bonchev–Trinajstić information content (AvgIpc) is 3.07. The average molecular weight is 539 g/mol. The molecule has 0 spiro atoms. The molecule has 3 rings (SSSR count). The van der Waals surface area contributed by atoms with E-state index < -0.39 is 46.9 Å². The third kappa shape index (κ3) is 5.17. The van der Waals surface area contributed by atoms with Crippen LogP contribution in [-0.2, 0) is 28.8 Å². The number of esters is 1. The number of rotatable bonds is 9. The Morgan fingerprint density at radius 2 is 1.86 bits per heavy atom. The van der Waals surface area contributed by atoms with Crippen molar-refractivity contribution < 1.29 is 32.1 Å². The van der Waals surface area contributed by atoms with E-state index in [1.807, 2.05) is 33.9 Å². The fourth-order valence-electron chi connectivity index (χ4n) is 4.47. The summed E-state index contributed by atoms with van der Waals surface area (Å²) in [6, 6.07) is 4.01. The number of carbonyl (C=O) groups is 2. The normalized spacial score (nSPS) is 24.7. The number of Topliss-reactive ketones (excluding diaryl/α,β-unsaturated/α-hetero) is 1. The highest BCUT2D eigenvalue weighted by Crippen LogP contribution is 2.48. The number of ketones is 1. The molecule has 0 amide bonds. The van der Waals surface area contributed by atoms with E-state index in [-0.39, 0.29) is 40.9 Å². The molecule has 0 N–H and O–H groups in total. The predicted octanol–water partition coefficient (Wildman–Crippen LogP) is 3.97. The molecule has 36 heavy (non-hydrogen) atoms. The summed E-state index contributed by atoms with van der Waals surface area (Å²) in [5.41, 5.74) is -1.53. The number of piperidine rings is 1. The van der Waals surface area contributed by atoms with Gasteiger partial charge in [0.15, 0.2) is 14.1 Å². The third-order valence-electron chi connectivity index (χ3n) is 7.33. The highest BCUT2D eigenvalue weighted by atomic mass is 32.2. The third-order valence-corrected chi connectivity index (χ3v) is 13.8. The van der Waals surface area contributed by atoms with Gasteiger partial charge in [-0.15, -0.1) is 0 Å². The van der Waals surface area contributed by atoms with Gasteiger partial charge in [0, 0.05) is 25.5 Å². The molecule has 10 nitrogen and oxygen atoms in total. The Kier molecular flexibility index (Phi) is 7.67. The minimum absolute atomic E-state index is 0.0340. The Hall–Kier alpha value is -2.41. The Bertz CT molecular complexity index is 1170. The van der Waals surface area contributed by atoms with Crippen LogP contribution < -0.4 is 0 Å². The Morgan fingerprint density at radius 1 is 1.25 bits per heavy atom. The SMILES string of the molecule is CC(=O)OCCC[C@@]12C=C[C@@H](CC(=O)[C@H]1O[Si](C)(C)C(C)(C)C)N2S(=O)(=O)c1ccc([N+](=O)[O-])cc1. The Labute approximate surface area is 213 Å². The van der Waals surface area contributed by atoms with Crippen LogP contribution in [0.5, 0.6) is 0 Å². The first-order valence-electron chi connectivity index (χ1n) is 11.9. The number of nitro groups is 1. The molecule has 12 heteroatoms. The lowest BCUT2D eigenvalue weighted by Gasteiger charge is -2.51. The van der Waals surface area contributed by atoms with Crippen LogP contribution in [0.2, 0.25) is 18.1 Å². The molecule has 1 aromatic carbocycles. The van der Waals surface area contributed by atoms with Crippen molar-refractivity contribution in [2.24, 2.45) is 0 Å². The van der Waals surface area contributed by atoms with Crippen LogP contribution in [0.4, 0.5) is 5.69 Å². The molecular weight excluding hydrogens is 504 g/mol. The lowest BCUT2D eigenvalue weighted by Crippen LogP contribution is -2.67. The van der Waals surface area contributed by atoms with Gasteiger partial charge < -0.3 is 9.16 Å². The van der Waals surface area contributed by atoms with E-state index in [1.165, 1.54) is 23.4 Å². The molecule has 2 heterocycles. The highest BCUT2D eigenvalue weighted by molar-refractivity contribution is 7.89. The number of carbonyl (C=O) groups excluding carboxylic acids is 2. The van der Waals surface area contributed by atoms with Crippen molar-refractivity contribution in [1.29, 1.82) is 0 Å². The van der Waals surface area contributed by atoms with Gasteiger partial charge in [-0.3, -0.25) is 19.7 Å². The molecular formula is C24H34N2O8SSi. The van der Waals surface area contributed by atoms with Gasteiger partial charge in [0.1, 0.15) is 6.10 Å². The molecule has 0 aromatic heterocycles. The Balaban J connectivity index is 2.08. The van der Waals surface area contributed by atoms with Gasteiger partial charge in [0.2, 0.25) is 10.0 Å². The zero-order chi connectivity index (χ0) is 27.1. The second kappa shape index (κ2) is 9.80. The first kappa shape index (κ1) is 28.2. The number of nitro benzene ring substituents is 1. The van der Waals surface area contributed by atoms with Gasteiger partial charge in [-0.2, -0.15) is 4.31 Å². The van der Waals surface area contributed by atoms with Crippen LogP contribution in [0.1, 0.15) is 47.0 Å². The number of ether oxygens (including phenoxy) is 1. The second-order valence-corrected chi connectivity index (χ2v) is 17.4. The maximum Gasteiger partial charge on any atom is 0.302 e. The fraction of sp³-hybridized carbons (Fsp3) is 0.583. The first-order valence-corrected chi connectivity index (χ1v) is 16.2. The fourth-order valence-corrected chi connectivity index (χ4v) is 7.66. The minimum Gasteiger partial charge on any atom is -0.466 e. The molecule has 2 aliphatic rings. The quantitative estimate of drug-likeness (QED) is 0.115. The van der Waals surface area contributed by atoms with E-state index in [9.17, 15) is 28.1 Å². The molecule has 0 aliphatic carbocycles. The van der Waals surface area contributed by atoms with Crippen LogP contribution in [0.25, 0.3) is 0 Å². The monoisotopic (exact) mass is 538 g/mol. The van der Waals surface area contributed by atoms with Gasteiger partial charge >= 0.3 is 5.97 Å². The van der Waals surface area contributed by atoms with E-state index in [4.69, 9.17) is 9.16 Å². The molecule has 1 fully saturated rings. The van der Waals surface area contributed by atoms with Crippen molar-refractivity contribution >= 4 is 35.8 Å². The van der Waals surface area contributed by atoms with Gasteiger partial charge in [-0.1, -0.05) is 32.9 Å². The summed E-state index contributed by atoms with van der Waals surface area (Å²) in [4.78, 5) is 35.1. The standard InChI is InChI=1S/C24H34N2O8SSi/c1-17(27)33-15-7-13-24-14-12-19(16-21(28)22(24)34-36(5,6)23(2,3)4)25(24)35(31,32)20-10-8-18(9-11-20)26(29)30/h8-12,14,19,22H,7,13,15-16H2,1-6H3/t19-,22+,24+/m0/s1. The summed E-state index contributed by atoms with van der Waals surface area (Å²) in [6.45, 7) is 11.5. The first-order chi connectivity index (χ1) is 16.5. The molecule has 2 aliphatic heterocycles. The summed E-state index contributed by atoms with van der Waals surface area (Å²) in [6.07, 6.45) is 2.92. The molecule has 0 radical (unpaired) electrons. The van der Waals surface area contributed by atoms with Crippen molar-refractivity contribution in [3.05, 3.63) is 46.5 Å². The van der Waals surface area contributed by atoms with Crippen LogP contribution >= 0.6 is 0 Å². The molecule has 3 atom stereocenters. The van der Waals surface area contributed by atoms with Gasteiger partial charge in [-0.25, -0.2) is 8.42 Å². The summed E-state index contributed by atoms with van der Waals surface area (Å²) in [7, 11) is -6.69. The van der Waals surface area contributed by atoms with E-state index in [2.05, 4.69) is 0 Å². The van der Waals surface area contributed by atoms with E-state index >= 15 is 0 Å². The highest BCUT2D eigenvalue weighted by Gasteiger charge is 2.61. The van der Waals surface area contributed by atoms with Gasteiger partial charge in [-0.05, 0) is 43.1 Å². The minimum atomic E-state index is -4.18. The summed E-state index contributed by atoms with van der Waals surface area (Å²) in [5.74, 6) is -0.617. The lowest BCUT2D eigenvalue weighted by molar-refractivity contribution is -0.384. The summed E-state index contributed by atoms with van der Waals surface area (Å²) in [5, 5.41) is 10.8. The van der Waals surface area contributed by atoms with Crippen molar-refractivity contribution in [3.63, 3.8) is 0 Å². The van der Waals surface area contributed by atoms with E-state index in [1.54, 1.807) is 12.2 Å². The number of non-ortho nitro benzene ring substituents is 1. The van der Waals surface area contributed by atoms with Crippen LogP contribution in [0.3, 0.4) is 0 Å². The maximum atomic E-state index is 14.0. The molecule has 0 unspecified atom stereocenters. The largest absolute Gasteiger partial charge is 0.466 e. The number of hydrogen-bond donors (Lipinski definition) is 0. The maximum absolute atomic E-state index is 14.0. The van der Waals surface area contributed by atoms with E-state index in [0.29, 0.717) is 6.42 Å². The smallest absolute Gasteiger partial charge is 0.302 e. The van der Waals surface area contributed by atoms with Crippen LogP contribution in [-0.4, -0.2) is 62.0 Å². The molecule has 1 aromatic rings. The van der Waals surface area contributed by atoms with Crippen molar-refractivity contribution in [2.45, 2.75) is 87.7 Å². The predicted molar refractivity (Wildman–Crippen MR) is 135 cm³/mol. The van der Waals surface area contributed by atoms with Gasteiger partial charge in [0.05, 0.1) is 28.0 Å². The van der Waals surface area contributed by atoms with Crippen molar-refractivity contribution in [3.8, 4) is 0 Å².